The lowest BCUT2D eigenvalue weighted by Gasteiger charge is -2.40. The van der Waals surface area contributed by atoms with E-state index in [-0.39, 0.29) is 17.3 Å². The molecule has 3 rings (SSSR count). The Kier molecular flexibility index (Phi) is 20.6. The Morgan fingerprint density at radius 3 is 2.04 bits per heavy atom. The highest BCUT2D eigenvalue weighted by Crippen LogP contribution is 2.29. The van der Waals surface area contributed by atoms with Crippen molar-refractivity contribution in [1.29, 1.82) is 0 Å². The van der Waals surface area contributed by atoms with Gasteiger partial charge in [0.2, 0.25) is 0 Å². The highest BCUT2D eigenvalue weighted by atomic mass is 16.5. The van der Waals surface area contributed by atoms with Gasteiger partial charge in [-0.25, -0.2) is 0 Å². The number of Topliss-reactive ketones (excluding diaryl/α,β-unsaturated/α-hetero) is 1. The summed E-state index contributed by atoms with van der Waals surface area (Å²) < 4.78 is 14.7. The van der Waals surface area contributed by atoms with Crippen LogP contribution in [0.15, 0.2) is 84.7 Å². The first kappa shape index (κ1) is 44.0. The van der Waals surface area contributed by atoms with E-state index in [1.165, 1.54) is 11.1 Å². The first-order chi connectivity index (χ1) is 23.8. The minimum absolute atomic E-state index is 0.0350. The van der Waals surface area contributed by atoms with E-state index >= 15 is 0 Å². The summed E-state index contributed by atoms with van der Waals surface area (Å²) in [6, 6.07) is 16.5. The monoisotopic (exact) mass is 691 g/mol. The number of aldehydes is 1. The lowest BCUT2D eigenvalue weighted by Crippen LogP contribution is -2.47. The number of piperazine rings is 1. The van der Waals surface area contributed by atoms with E-state index in [4.69, 9.17) is 9.47 Å². The number of carbonyl (C=O) groups excluding carboxylic acids is 3. The van der Waals surface area contributed by atoms with Crippen molar-refractivity contribution in [1.82, 2.24) is 10.2 Å². The minimum atomic E-state index is -0.318. The first-order valence-corrected chi connectivity index (χ1v) is 17.3. The zero-order chi connectivity index (χ0) is 37.7. The van der Waals surface area contributed by atoms with Crippen LogP contribution in [0.2, 0.25) is 0 Å². The third-order valence-electron chi connectivity index (χ3n) is 8.18. The number of benzene rings is 2. The van der Waals surface area contributed by atoms with Crippen LogP contribution in [0.4, 0.5) is 5.69 Å². The molecule has 1 aliphatic rings. The van der Waals surface area contributed by atoms with Crippen LogP contribution in [-0.2, 0) is 19.0 Å². The SMILES string of the molecule is C=C/C(=C\C=C(/COC)OC)C(C)CNC.CC(C)(C)OC=O.CC(C)C(=O)c1c(C=O)cccc1N1CCN([C@H](C)c2ccccc2)CC1. The van der Waals surface area contributed by atoms with E-state index in [0.29, 0.717) is 36.2 Å². The molecule has 2 atom stereocenters. The fraction of sp³-hybridized carbons (Fsp3) is 0.488. The molecule has 1 saturated heterocycles. The normalized spacial score (nSPS) is 15.1. The van der Waals surface area contributed by atoms with Crippen LogP contribution >= 0.6 is 0 Å². The van der Waals surface area contributed by atoms with E-state index < -0.39 is 0 Å². The maximum Gasteiger partial charge on any atom is 0.293 e. The summed E-state index contributed by atoms with van der Waals surface area (Å²) in [5, 5.41) is 3.14. The molecular weight excluding hydrogens is 630 g/mol. The second-order valence-corrected chi connectivity index (χ2v) is 13.4. The van der Waals surface area contributed by atoms with Gasteiger partial charge >= 0.3 is 0 Å². The number of hydrogen-bond donors (Lipinski definition) is 1. The average Bonchev–Trinajstić information content (AvgIpc) is 3.11. The third kappa shape index (κ3) is 15.2. The Morgan fingerprint density at radius 1 is 0.940 bits per heavy atom. The summed E-state index contributed by atoms with van der Waals surface area (Å²) in [7, 11) is 5.23. The van der Waals surface area contributed by atoms with Crippen LogP contribution in [0.5, 0.6) is 0 Å². The fourth-order valence-electron chi connectivity index (χ4n) is 5.28. The third-order valence-corrected chi connectivity index (χ3v) is 8.18. The highest BCUT2D eigenvalue weighted by Gasteiger charge is 2.26. The number of ether oxygens (including phenoxy) is 3. The molecule has 0 aliphatic carbocycles. The maximum absolute atomic E-state index is 12.7. The Labute approximate surface area is 301 Å². The lowest BCUT2D eigenvalue weighted by atomic mass is 9.94. The number of anilines is 1. The van der Waals surface area contributed by atoms with Gasteiger partial charge in [-0.1, -0.05) is 82.0 Å². The summed E-state index contributed by atoms with van der Waals surface area (Å²) in [6.07, 6.45) is 6.62. The Balaban J connectivity index is 0.000000460. The molecule has 1 heterocycles. The summed E-state index contributed by atoms with van der Waals surface area (Å²) >= 11 is 0. The molecule has 0 spiro atoms. The molecule has 1 aliphatic heterocycles. The van der Waals surface area contributed by atoms with Gasteiger partial charge in [0, 0.05) is 63.0 Å². The predicted molar refractivity (Wildman–Crippen MR) is 205 cm³/mol. The van der Waals surface area contributed by atoms with Gasteiger partial charge < -0.3 is 24.4 Å². The van der Waals surface area contributed by atoms with Crippen LogP contribution < -0.4 is 10.2 Å². The van der Waals surface area contributed by atoms with Crippen molar-refractivity contribution in [2.75, 3.05) is 65.5 Å². The fourth-order valence-corrected chi connectivity index (χ4v) is 5.28. The van der Waals surface area contributed by atoms with Crippen molar-refractivity contribution < 1.29 is 28.6 Å². The van der Waals surface area contributed by atoms with Gasteiger partial charge in [0.05, 0.1) is 12.7 Å². The molecule has 0 saturated carbocycles. The Morgan fingerprint density at radius 2 is 1.58 bits per heavy atom. The molecular formula is C41H61N3O6. The number of nitrogens with zero attached hydrogens (tertiary/aromatic N) is 2. The summed E-state index contributed by atoms with van der Waals surface area (Å²) in [6.45, 7) is 22.9. The number of carbonyl (C=O) groups is 3. The number of ketones is 1. The lowest BCUT2D eigenvalue weighted by molar-refractivity contribution is -0.138. The van der Waals surface area contributed by atoms with Crippen LogP contribution in [0.25, 0.3) is 0 Å². The van der Waals surface area contributed by atoms with Crippen molar-refractivity contribution in [2.24, 2.45) is 11.8 Å². The molecule has 1 N–H and O–H groups in total. The summed E-state index contributed by atoms with van der Waals surface area (Å²) in [5.74, 6) is 1.13. The Bertz CT molecular complexity index is 1370. The molecule has 276 valence electrons. The molecule has 0 aromatic heterocycles. The smallest absolute Gasteiger partial charge is 0.293 e. The zero-order valence-electron chi connectivity index (χ0n) is 32.0. The average molecular weight is 692 g/mol. The van der Waals surface area contributed by atoms with E-state index in [0.717, 1.165) is 50.5 Å². The number of rotatable bonds is 15. The Hall–Kier alpha value is -4.05. The first-order valence-electron chi connectivity index (χ1n) is 17.3. The molecule has 0 radical (unpaired) electrons. The van der Waals surface area contributed by atoms with Gasteiger partial charge in [-0.05, 0) is 63.9 Å². The van der Waals surface area contributed by atoms with E-state index in [1.807, 2.05) is 78.1 Å². The van der Waals surface area contributed by atoms with E-state index in [9.17, 15) is 14.4 Å². The quantitative estimate of drug-likeness (QED) is 0.0893. The van der Waals surface area contributed by atoms with Gasteiger partial charge in [0.25, 0.3) is 6.47 Å². The van der Waals surface area contributed by atoms with Gasteiger partial charge in [-0.3, -0.25) is 19.3 Å². The predicted octanol–water partition coefficient (Wildman–Crippen LogP) is 7.31. The second-order valence-electron chi connectivity index (χ2n) is 13.4. The molecule has 50 heavy (non-hydrogen) atoms. The standard InChI is InChI=1S/C23H28N2O2.C13H23NO2.C5H10O2/c1-17(2)23(27)22-20(16-26)10-7-11-21(22)25-14-12-24(13-15-25)18(3)19-8-5-4-6-9-19;1-6-12(11(2)9-14-3)7-8-13(16-5)10-15-4;1-5(2,3)7-4-6/h4-11,16-18H,12-15H2,1-3H3;6-8,11,14H,1,9-10H2,2-5H3;4H,1-3H3/b;12-7+,13-8+;/t18-;;/m1../s1. The molecule has 2 aromatic rings. The second kappa shape index (κ2) is 23.4. The van der Waals surface area contributed by atoms with E-state index in [2.05, 4.69) is 64.5 Å². The molecule has 2 aromatic carbocycles. The topological polar surface area (TPSA) is 97.4 Å². The maximum atomic E-state index is 12.7. The van der Waals surface area contributed by atoms with Gasteiger partial charge in [0.15, 0.2) is 12.1 Å². The van der Waals surface area contributed by atoms with Crippen molar-refractivity contribution in [2.45, 2.75) is 60.1 Å². The molecule has 0 amide bonds. The van der Waals surface area contributed by atoms with Crippen molar-refractivity contribution in [3.05, 3.63) is 101 Å². The van der Waals surface area contributed by atoms with Crippen LogP contribution in [0, 0.1) is 11.8 Å². The number of hydrogen-bond acceptors (Lipinski definition) is 9. The van der Waals surface area contributed by atoms with Gasteiger partial charge in [-0.15, -0.1) is 0 Å². The highest BCUT2D eigenvalue weighted by molar-refractivity contribution is 6.08. The molecule has 1 fully saturated rings. The summed E-state index contributed by atoms with van der Waals surface area (Å²) in [4.78, 5) is 38.6. The molecule has 9 nitrogen and oxygen atoms in total. The van der Waals surface area contributed by atoms with Crippen molar-refractivity contribution in [3.8, 4) is 0 Å². The van der Waals surface area contributed by atoms with Crippen LogP contribution in [0.1, 0.15) is 80.8 Å². The van der Waals surface area contributed by atoms with Crippen molar-refractivity contribution in [3.63, 3.8) is 0 Å². The number of methoxy groups -OCH3 is 2. The molecule has 1 unspecified atom stereocenters. The zero-order valence-corrected chi connectivity index (χ0v) is 32.0. The van der Waals surface area contributed by atoms with Gasteiger partial charge in [0.1, 0.15) is 18.0 Å². The molecule has 0 bridgehead atoms. The van der Waals surface area contributed by atoms with Crippen LogP contribution in [0.3, 0.4) is 0 Å². The number of allylic oxidation sites excluding steroid dienone is 3. The number of nitrogens with one attached hydrogen (secondary N) is 1. The minimum Gasteiger partial charge on any atom is -0.499 e. The van der Waals surface area contributed by atoms with Crippen molar-refractivity contribution >= 4 is 24.2 Å². The summed E-state index contributed by atoms with van der Waals surface area (Å²) in [5.41, 5.74) is 4.15. The van der Waals surface area contributed by atoms with E-state index in [1.54, 1.807) is 20.3 Å². The van der Waals surface area contributed by atoms with Crippen LogP contribution in [-0.4, -0.2) is 89.6 Å². The van der Waals surface area contributed by atoms with Gasteiger partial charge in [-0.2, -0.15) is 0 Å². The molecule has 9 heteroatoms. The largest absolute Gasteiger partial charge is 0.499 e.